The molecule has 0 heterocycles. The van der Waals surface area contributed by atoms with Gasteiger partial charge < -0.3 is 10.1 Å². The van der Waals surface area contributed by atoms with Gasteiger partial charge in [-0.25, -0.2) is 4.39 Å². The number of methoxy groups -OCH3 is 1. The van der Waals surface area contributed by atoms with Crippen LogP contribution in [-0.4, -0.2) is 18.6 Å². The minimum atomic E-state index is -0.690. The summed E-state index contributed by atoms with van der Waals surface area (Å²) >= 11 is 0. The molecule has 0 bridgehead atoms. The van der Waals surface area contributed by atoms with E-state index < -0.39 is 6.67 Å². The quantitative estimate of drug-likeness (QED) is 0.880. The van der Waals surface area contributed by atoms with Crippen LogP contribution in [0, 0.1) is 0 Å². The molecule has 0 fully saturated rings. The molecule has 0 aromatic heterocycles. The van der Waals surface area contributed by atoms with Crippen molar-refractivity contribution in [3.05, 3.63) is 29.3 Å². The predicted octanol–water partition coefficient (Wildman–Crippen LogP) is 2.69. The van der Waals surface area contributed by atoms with Gasteiger partial charge in [-0.1, -0.05) is 0 Å². The summed E-state index contributed by atoms with van der Waals surface area (Å²) in [5.41, 5.74) is 0.347. The molecule has 1 rings (SSSR count). The lowest BCUT2D eigenvalue weighted by Crippen LogP contribution is -2.40. The molecule has 0 unspecified atom stereocenters. The molecule has 1 N–H and O–H groups in total. The monoisotopic (exact) mass is 239 g/mol. The van der Waals surface area contributed by atoms with Gasteiger partial charge in [-0.15, -0.1) is 0 Å². The Bertz CT molecular complexity index is 410. The topological polar surface area (TPSA) is 38.3 Å². The number of benzene rings is 1. The molecule has 0 spiro atoms. The molecule has 94 valence electrons. The fourth-order valence-electron chi connectivity index (χ4n) is 1.44. The maximum Gasteiger partial charge on any atom is 0.252 e. The van der Waals surface area contributed by atoms with E-state index in [0.717, 1.165) is 0 Å². The zero-order valence-corrected chi connectivity index (χ0v) is 10.6. The van der Waals surface area contributed by atoms with E-state index in [-0.39, 0.29) is 11.4 Å². The fourth-order valence-corrected chi connectivity index (χ4v) is 1.44. The highest BCUT2D eigenvalue weighted by Gasteiger charge is 2.18. The van der Waals surface area contributed by atoms with Crippen LogP contribution in [0.4, 0.5) is 4.39 Å². The molecule has 0 aliphatic carbocycles. The van der Waals surface area contributed by atoms with Gasteiger partial charge >= 0.3 is 0 Å². The summed E-state index contributed by atoms with van der Waals surface area (Å²) in [6, 6.07) is 4.77. The first-order valence-electron chi connectivity index (χ1n) is 5.43. The zero-order valence-electron chi connectivity index (χ0n) is 10.6. The van der Waals surface area contributed by atoms with Crippen molar-refractivity contribution >= 4 is 5.91 Å². The molecule has 4 heteroatoms. The van der Waals surface area contributed by atoms with Gasteiger partial charge in [0, 0.05) is 11.1 Å². The Morgan fingerprint density at radius 2 is 2.06 bits per heavy atom. The second-order valence-corrected chi connectivity index (χ2v) is 4.86. The summed E-state index contributed by atoms with van der Waals surface area (Å²) in [5, 5.41) is 2.80. The SMILES string of the molecule is COc1ccc(C(=O)NC(C)(C)C)c(CF)c1. The molecule has 0 radical (unpaired) electrons. The van der Waals surface area contributed by atoms with Crippen molar-refractivity contribution in [1.29, 1.82) is 0 Å². The van der Waals surface area contributed by atoms with Crippen LogP contribution in [0.1, 0.15) is 36.7 Å². The molecule has 17 heavy (non-hydrogen) atoms. The summed E-state index contributed by atoms with van der Waals surface area (Å²) in [4.78, 5) is 11.9. The molecule has 1 aromatic carbocycles. The normalized spacial score (nSPS) is 11.1. The number of carbonyl (C=O) groups is 1. The van der Waals surface area contributed by atoms with E-state index in [1.807, 2.05) is 20.8 Å². The molecular formula is C13H18FNO2. The third-order valence-corrected chi connectivity index (χ3v) is 2.19. The van der Waals surface area contributed by atoms with E-state index in [9.17, 15) is 9.18 Å². The second-order valence-electron chi connectivity index (χ2n) is 4.86. The first kappa shape index (κ1) is 13.5. The summed E-state index contributed by atoms with van der Waals surface area (Å²) in [7, 11) is 1.51. The van der Waals surface area contributed by atoms with Gasteiger partial charge in [0.05, 0.1) is 7.11 Å². The van der Waals surface area contributed by atoms with Crippen molar-refractivity contribution in [2.24, 2.45) is 0 Å². The molecule has 0 saturated heterocycles. The number of alkyl halides is 1. The van der Waals surface area contributed by atoms with E-state index >= 15 is 0 Å². The van der Waals surface area contributed by atoms with Crippen molar-refractivity contribution in [2.75, 3.05) is 7.11 Å². The van der Waals surface area contributed by atoms with Crippen LogP contribution in [-0.2, 0) is 6.67 Å². The molecule has 0 atom stereocenters. The maximum atomic E-state index is 12.9. The third kappa shape index (κ3) is 3.73. The number of amides is 1. The van der Waals surface area contributed by atoms with Gasteiger partial charge in [0.2, 0.25) is 0 Å². The highest BCUT2D eigenvalue weighted by atomic mass is 19.1. The lowest BCUT2D eigenvalue weighted by Gasteiger charge is -2.21. The zero-order chi connectivity index (χ0) is 13.1. The van der Waals surface area contributed by atoms with Crippen molar-refractivity contribution in [3.8, 4) is 5.75 Å². The third-order valence-electron chi connectivity index (χ3n) is 2.19. The van der Waals surface area contributed by atoms with Gasteiger partial charge in [-0.2, -0.15) is 0 Å². The number of ether oxygens (including phenoxy) is 1. The average molecular weight is 239 g/mol. The van der Waals surface area contributed by atoms with Crippen LogP contribution in [0.3, 0.4) is 0 Å². The number of rotatable bonds is 3. The minimum absolute atomic E-state index is 0.271. The Balaban J connectivity index is 3.01. The van der Waals surface area contributed by atoms with Crippen LogP contribution in [0.2, 0.25) is 0 Å². The summed E-state index contributed by atoms with van der Waals surface area (Å²) in [6.45, 7) is 4.95. The van der Waals surface area contributed by atoms with Crippen LogP contribution < -0.4 is 10.1 Å². The predicted molar refractivity (Wildman–Crippen MR) is 65.0 cm³/mol. The first-order chi connectivity index (χ1) is 7.87. The Morgan fingerprint density at radius 3 is 2.53 bits per heavy atom. The lowest BCUT2D eigenvalue weighted by molar-refractivity contribution is 0.0917. The average Bonchev–Trinajstić information content (AvgIpc) is 2.25. The van der Waals surface area contributed by atoms with Gasteiger partial charge in [0.15, 0.2) is 0 Å². The number of hydrogen-bond donors (Lipinski definition) is 1. The Hall–Kier alpha value is -1.58. The van der Waals surface area contributed by atoms with Crippen LogP contribution in [0.25, 0.3) is 0 Å². The molecule has 0 aliphatic heterocycles. The van der Waals surface area contributed by atoms with E-state index in [1.54, 1.807) is 12.1 Å². The number of carbonyl (C=O) groups excluding carboxylic acids is 1. The Labute approximate surface area is 101 Å². The first-order valence-corrected chi connectivity index (χ1v) is 5.43. The standard InChI is InChI=1S/C13H18FNO2/c1-13(2,3)15-12(16)11-6-5-10(17-4)7-9(11)8-14/h5-7H,8H2,1-4H3,(H,15,16). The lowest BCUT2D eigenvalue weighted by atomic mass is 10.0. The van der Waals surface area contributed by atoms with Crippen LogP contribution >= 0.6 is 0 Å². The second kappa shape index (κ2) is 5.17. The molecule has 0 saturated carbocycles. The van der Waals surface area contributed by atoms with E-state index in [4.69, 9.17) is 4.74 Å². The van der Waals surface area contributed by atoms with Crippen LogP contribution in [0.15, 0.2) is 18.2 Å². The number of halogens is 1. The minimum Gasteiger partial charge on any atom is -0.497 e. The number of hydrogen-bond acceptors (Lipinski definition) is 2. The van der Waals surface area contributed by atoms with Crippen molar-refractivity contribution in [2.45, 2.75) is 33.0 Å². The van der Waals surface area contributed by atoms with Crippen molar-refractivity contribution in [3.63, 3.8) is 0 Å². The summed E-state index contributed by atoms with van der Waals surface area (Å²) < 4.78 is 17.9. The number of nitrogens with one attached hydrogen (secondary N) is 1. The van der Waals surface area contributed by atoms with E-state index in [0.29, 0.717) is 16.9 Å². The smallest absolute Gasteiger partial charge is 0.252 e. The van der Waals surface area contributed by atoms with Gasteiger partial charge in [-0.3, -0.25) is 4.79 Å². The summed E-state index contributed by atoms with van der Waals surface area (Å²) in [6.07, 6.45) is 0. The molecular weight excluding hydrogens is 221 g/mol. The Morgan fingerprint density at radius 1 is 1.41 bits per heavy atom. The van der Waals surface area contributed by atoms with Crippen molar-refractivity contribution < 1.29 is 13.9 Å². The maximum absolute atomic E-state index is 12.9. The molecule has 0 aliphatic rings. The largest absolute Gasteiger partial charge is 0.497 e. The van der Waals surface area contributed by atoms with E-state index in [1.165, 1.54) is 13.2 Å². The summed E-state index contributed by atoms with van der Waals surface area (Å²) in [5.74, 6) is 0.276. The molecule has 1 amide bonds. The van der Waals surface area contributed by atoms with E-state index in [2.05, 4.69) is 5.32 Å². The highest BCUT2D eigenvalue weighted by molar-refractivity contribution is 5.96. The van der Waals surface area contributed by atoms with Gasteiger partial charge in [-0.05, 0) is 44.5 Å². The van der Waals surface area contributed by atoms with Gasteiger partial charge in [0.1, 0.15) is 12.4 Å². The van der Waals surface area contributed by atoms with Crippen LogP contribution in [0.5, 0.6) is 5.75 Å². The Kier molecular flexibility index (Phi) is 4.10. The molecule has 3 nitrogen and oxygen atoms in total. The van der Waals surface area contributed by atoms with Gasteiger partial charge in [0.25, 0.3) is 5.91 Å². The van der Waals surface area contributed by atoms with Crippen molar-refractivity contribution in [1.82, 2.24) is 5.32 Å². The highest BCUT2D eigenvalue weighted by Crippen LogP contribution is 2.19. The molecule has 1 aromatic rings. The fraction of sp³-hybridized carbons (Fsp3) is 0.462.